The molecule has 0 radical (unpaired) electrons. The fourth-order valence-electron chi connectivity index (χ4n) is 2.01. The van der Waals surface area contributed by atoms with E-state index in [0.29, 0.717) is 5.56 Å². The number of amides is 2. The van der Waals surface area contributed by atoms with E-state index in [-0.39, 0.29) is 29.9 Å². The number of piperazine rings is 1. The molecule has 2 rings (SSSR count). The molecule has 0 unspecified atom stereocenters. The second kappa shape index (κ2) is 4.81. The van der Waals surface area contributed by atoms with Crippen LogP contribution in [-0.2, 0) is 16.1 Å². The molecule has 0 bridgehead atoms. The molecule has 6 heteroatoms. The van der Waals surface area contributed by atoms with Crippen LogP contribution in [-0.4, -0.2) is 28.8 Å². The van der Waals surface area contributed by atoms with Gasteiger partial charge in [0.15, 0.2) is 0 Å². The third kappa shape index (κ3) is 2.56. The Hall–Kier alpha value is -1.62. The molecule has 4 nitrogen and oxygen atoms in total. The van der Waals surface area contributed by atoms with Gasteiger partial charge >= 0.3 is 0 Å². The SMILES string of the molecule is CC1(C)C(=O)NCC(=O)N1Cc1ccc(Cl)c(F)c1. The lowest BCUT2D eigenvalue weighted by molar-refractivity contribution is -0.152. The van der Waals surface area contributed by atoms with E-state index in [2.05, 4.69) is 5.32 Å². The minimum Gasteiger partial charge on any atom is -0.345 e. The fourth-order valence-corrected chi connectivity index (χ4v) is 2.13. The normalized spacial score (nSPS) is 18.4. The predicted molar refractivity (Wildman–Crippen MR) is 69.0 cm³/mol. The average Bonchev–Trinajstić information content (AvgIpc) is 2.34. The van der Waals surface area contributed by atoms with E-state index in [9.17, 15) is 14.0 Å². The number of carbonyl (C=O) groups excluding carboxylic acids is 2. The van der Waals surface area contributed by atoms with E-state index in [1.165, 1.54) is 17.0 Å². The standard InChI is InChI=1S/C13H14ClFN2O2/c1-13(2)12(19)16-6-11(18)17(13)7-8-3-4-9(14)10(15)5-8/h3-5H,6-7H2,1-2H3,(H,16,19). The van der Waals surface area contributed by atoms with Crippen LogP contribution in [0.1, 0.15) is 19.4 Å². The zero-order valence-corrected chi connectivity index (χ0v) is 11.4. The number of benzene rings is 1. The van der Waals surface area contributed by atoms with E-state index in [1.807, 2.05) is 0 Å². The number of nitrogens with one attached hydrogen (secondary N) is 1. The molecule has 0 aromatic heterocycles. The summed E-state index contributed by atoms with van der Waals surface area (Å²) >= 11 is 5.61. The van der Waals surface area contributed by atoms with Crippen molar-refractivity contribution in [1.29, 1.82) is 0 Å². The van der Waals surface area contributed by atoms with Gasteiger partial charge in [0.2, 0.25) is 11.8 Å². The maximum Gasteiger partial charge on any atom is 0.245 e. The van der Waals surface area contributed by atoms with Crippen molar-refractivity contribution in [2.75, 3.05) is 6.54 Å². The molecule has 1 aromatic rings. The number of hydrogen-bond acceptors (Lipinski definition) is 2. The number of halogens is 2. The van der Waals surface area contributed by atoms with Crippen LogP contribution in [0.25, 0.3) is 0 Å². The van der Waals surface area contributed by atoms with Crippen molar-refractivity contribution in [2.45, 2.75) is 25.9 Å². The fraction of sp³-hybridized carbons (Fsp3) is 0.385. The predicted octanol–water partition coefficient (Wildman–Crippen LogP) is 1.72. The van der Waals surface area contributed by atoms with Crippen LogP contribution in [0, 0.1) is 5.82 Å². The topological polar surface area (TPSA) is 49.4 Å². The third-order valence-corrected chi connectivity index (χ3v) is 3.56. The molecule has 1 aromatic carbocycles. The van der Waals surface area contributed by atoms with Gasteiger partial charge in [-0.3, -0.25) is 9.59 Å². The van der Waals surface area contributed by atoms with Gasteiger partial charge in [-0.1, -0.05) is 17.7 Å². The van der Waals surface area contributed by atoms with Gasteiger partial charge in [-0.05, 0) is 31.5 Å². The molecule has 1 fully saturated rings. The largest absolute Gasteiger partial charge is 0.345 e. The summed E-state index contributed by atoms with van der Waals surface area (Å²) in [5.41, 5.74) is -0.358. The molecular weight excluding hydrogens is 271 g/mol. The molecule has 0 spiro atoms. The molecule has 0 aliphatic carbocycles. The van der Waals surface area contributed by atoms with Crippen LogP contribution in [0.2, 0.25) is 5.02 Å². The molecule has 1 saturated heterocycles. The van der Waals surface area contributed by atoms with Gasteiger partial charge in [-0.25, -0.2) is 4.39 Å². The van der Waals surface area contributed by atoms with Gasteiger partial charge in [-0.15, -0.1) is 0 Å². The minimum absolute atomic E-state index is 0.0294. The van der Waals surface area contributed by atoms with Crippen molar-refractivity contribution in [2.24, 2.45) is 0 Å². The van der Waals surface area contributed by atoms with E-state index in [0.717, 1.165) is 0 Å². The van der Waals surface area contributed by atoms with E-state index < -0.39 is 11.4 Å². The van der Waals surface area contributed by atoms with Crippen molar-refractivity contribution in [3.05, 3.63) is 34.6 Å². The highest BCUT2D eigenvalue weighted by atomic mass is 35.5. The summed E-state index contributed by atoms with van der Waals surface area (Å²) in [5, 5.41) is 2.57. The number of hydrogen-bond donors (Lipinski definition) is 1. The highest BCUT2D eigenvalue weighted by Gasteiger charge is 2.41. The first-order valence-electron chi connectivity index (χ1n) is 5.85. The summed E-state index contributed by atoms with van der Waals surface area (Å²) in [6.07, 6.45) is 0. The van der Waals surface area contributed by atoms with Gasteiger partial charge in [0.25, 0.3) is 0 Å². The molecular formula is C13H14ClFN2O2. The van der Waals surface area contributed by atoms with Crippen LogP contribution in [0.4, 0.5) is 4.39 Å². The van der Waals surface area contributed by atoms with Gasteiger partial charge < -0.3 is 10.2 Å². The smallest absolute Gasteiger partial charge is 0.245 e. The molecule has 2 amide bonds. The molecule has 19 heavy (non-hydrogen) atoms. The zero-order valence-electron chi connectivity index (χ0n) is 10.7. The summed E-state index contributed by atoms with van der Waals surface area (Å²) in [6.45, 7) is 3.46. The van der Waals surface area contributed by atoms with E-state index in [4.69, 9.17) is 11.6 Å². The van der Waals surface area contributed by atoms with E-state index >= 15 is 0 Å². The van der Waals surface area contributed by atoms with Gasteiger partial charge in [-0.2, -0.15) is 0 Å². The third-order valence-electron chi connectivity index (χ3n) is 3.26. The Morgan fingerprint density at radius 1 is 1.42 bits per heavy atom. The summed E-state index contributed by atoms with van der Waals surface area (Å²) in [6, 6.07) is 4.35. The maximum atomic E-state index is 13.4. The Bertz CT molecular complexity index is 545. The molecule has 1 N–H and O–H groups in total. The summed E-state index contributed by atoms with van der Waals surface area (Å²) in [7, 11) is 0. The second-order valence-corrected chi connectivity index (χ2v) is 5.38. The molecule has 0 saturated carbocycles. The number of rotatable bonds is 2. The molecule has 1 aliphatic heterocycles. The molecule has 102 valence electrons. The molecule has 1 aliphatic rings. The van der Waals surface area contributed by atoms with Crippen molar-refractivity contribution in [3.63, 3.8) is 0 Å². The Morgan fingerprint density at radius 3 is 2.74 bits per heavy atom. The Balaban J connectivity index is 2.27. The van der Waals surface area contributed by atoms with Crippen molar-refractivity contribution in [3.8, 4) is 0 Å². The Kier molecular flexibility index (Phi) is 3.49. The molecule has 0 atom stereocenters. The monoisotopic (exact) mass is 284 g/mol. The number of carbonyl (C=O) groups is 2. The van der Waals surface area contributed by atoms with Gasteiger partial charge in [0.1, 0.15) is 11.4 Å². The van der Waals surface area contributed by atoms with Crippen LogP contribution in [0.3, 0.4) is 0 Å². The van der Waals surface area contributed by atoms with Gasteiger partial charge in [0.05, 0.1) is 11.6 Å². The van der Waals surface area contributed by atoms with Crippen LogP contribution >= 0.6 is 11.6 Å². The lowest BCUT2D eigenvalue weighted by Gasteiger charge is -2.41. The Labute approximate surface area is 115 Å². The zero-order chi connectivity index (χ0) is 14.2. The van der Waals surface area contributed by atoms with Crippen molar-refractivity contribution >= 4 is 23.4 Å². The summed E-state index contributed by atoms with van der Waals surface area (Å²) in [5.74, 6) is -0.952. The van der Waals surface area contributed by atoms with E-state index in [1.54, 1.807) is 19.9 Å². The van der Waals surface area contributed by atoms with Crippen LogP contribution in [0.15, 0.2) is 18.2 Å². The first kappa shape index (κ1) is 13.8. The second-order valence-electron chi connectivity index (χ2n) is 4.97. The lowest BCUT2D eigenvalue weighted by atomic mass is 9.97. The summed E-state index contributed by atoms with van der Waals surface area (Å²) < 4.78 is 13.4. The quantitative estimate of drug-likeness (QED) is 0.899. The number of nitrogens with zero attached hydrogens (tertiary/aromatic N) is 1. The lowest BCUT2D eigenvalue weighted by Crippen LogP contribution is -2.63. The van der Waals surface area contributed by atoms with Crippen molar-refractivity contribution < 1.29 is 14.0 Å². The van der Waals surface area contributed by atoms with Gasteiger partial charge in [0, 0.05) is 6.54 Å². The van der Waals surface area contributed by atoms with Crippen LogP contribution < -0.4 is 5.32 Å². The summed E-state index contributed by atoms with van der Waals surface area (Å²) in [4.78, 5) is 25.1. The highest BCUT2D eigenvalue weighted by Crippen LogP contribution is 2.23. The maximum absolute atomic E-state index is 13.4. The minimum atomic E-state index is -0.953. The first-order chi connectivity index (χ1) is 8.82. The highest BCUT2D eigenvalue weighted by molar-refractivity contribution is 6.30. The average molecular weight is 285 g/mol. The van der Waals surface area contributed by atoms with Crippen molar-refractivity contribution in [1.82, 2.24) is 10.2 Å². The first-order valence-corrected chi connectivity index (χ1v) is 6.23. The Morgan fingerprint density at radius 2 is 2.11 bits per heavy atom. The molecule has 1 heterocycles. The van der Waals surface area contributed by atoms with Crippen LogP contribution in [0.5, 0.6) is 0 Å².